The van der Waals surface area contributed by atoms with Gasteiger partial charge in [0.05, 0.1) is 5.56 Å². The third-order valence-corrected chi connectivity index (χ3v) is 4.05. The minimum atomic E-state index is -0.541. The third-order valence-electron chi connectivity index (χ3n) is 3.77. The molecule has 2 unspecified atom stereocenters. The smallest absolute Gasteiger partial charge is 0.254 e. The van der Waals surface area contributed by atoms with Crippen LogP contribution in [0.5, 0.6) is 0 Å². The molecule has 3 nitrogen and oxygen atoms in total. The molecule has 19 heavy (non-hydrogen) atoms. The zero-order valence-corrected chi connectivity index (χ0v) is 11.5. The molecule has 0 heterocycles. The molecule has 0 radical (unpaired) electrons. The van der Waals surface area contributed by atoms with Crippen LogP contribution in [0.25, 0.3) is 0 Å². The zero-order chi connectivity index (χ0) is 13.8. The molecule has 0 bridgehead atoms. The van der Waals surface area contributed by atoms with Gasteiger partial charge in [-0.3, -0.25) is 4.79 Å². The van der Waals surface area contributed by atoms with Crippen LogP contribution in [0, 0.1) is 17.7 Å². The fourth-order valence-electron chi connectivity index (χ4n) is 2.63. The molecule has 0 aromatic heterocycles. The molecule has 2 atom stereocenters. The van der Waals surface area contributed by atoms with Gasteiger partial charge < -0.3 is 10.4 Å². The first kappa shape index (κ1) is 14.3. The average Bonchev–Trinajstić information content (AvgIpc) is 2.86. The molecule has 1 aromatic carbocycles. The van der Waals surface area contributed by atoms with E-state index in [9.17, 15) is 14.3 Å². The number of benzene rings is 1. The van der Waals surface area contributed by atoms with Gasteiger partial charge in [0.1, 0.15) is 5.82 Å². The second-order valence-corrected chi connectivity index (χ2v) is 5.52. The van der Waals surface area contributed by atoms with Crippen molar-refractivity contribution in [1.29, 1.82) is 0 Å². The molecule has 1 aliphatic rings. The van der Waals surface area contributed by atoms with E-state index < -0.39 is 11.7 Å². The van der Waals surface area contributed by atoms with Crippen LogP contribution < -0.4 is 5.32 Å². The van der Waals surface area contributed by atoms with Crippen LogP contribution in [-0.4, -0.2) is 24.2 Å². The Balaban J connectivity index is 1.96. The topological polar surface area (TPSA) is 49.3 Å². The first-order valence-corrected chi connectivity index (χ1v) is 6.94. The fourth-order valence-corrected chi connectivity index (χ4v) is 2.83. The highest BCUT2D eigenvalue weighted by atomic mass is 32.1. The van der Waals surface area contributed by atoms with Crippen molar-refractivity contribution in [1.82, 2.24) is 5.32 Å². The molecule has 1 saturated carbocycles. The van der Waals surface area contributed by atoms with Gasteiger partial charge in [0.2, 0.25) is 0 Å². The lowest BCUT2D eigenvalue weighted by Gasteiger charge is -2.17. The van der Waals surface area contributed by atoms with Crippen molar-refractivity contribution in [2.75, 3.05) is 13.2 Å². The molecule has 1 amide bonds. The number of nitrogens with one attached hydrogen (secondary N) is 1. The Bertz CT molecular complexity index is 467. The molecule has 1 aliphatic carbocycles. The van der Waals surface area contributed by atoms with Gasteiger partial charge in [0.15, 0.2) is 0 Å². The van der Waals surface area contributed by atoms with E-state index in [1.807, 2.05) is 0 Å². The number of halogens is 1. The Morgan fingerprint density at radius 3 is 2.89 bits per heavy atom. The predicted octanol–water partition coefficient (Wildman–Crippen LogP) is 2.25. The highest BCUT2D eigenvalue weighted by Crippen LogP contribution is 2.30. The quantitative estimate of drug-likeness (QED) is 0.742. The largest absolute Gasteiger partial charge is 0.396 e. The number of rotatable bonds is 4. The molecule has 1 aromatic rings. The van der Waals surface area contributed by atoms with Crippen molar-refractivity contribution in [2.45, 2.75) is 24.2 Å². The molecule has 5 heteroatoms. The van der Waals surface area contributed by atoms with Gasteiger partial charge >= 0.3 is 0 Å². The number of amides is 1. The van der Waals surface area contributed by atoms with Crippen LogP contribution in [0.15, 0.2) is 23.1 Å². The summed E-state index contributed by atoms with van der Waals surface area (Å²) in [4.78, 5) is 12.5. The zero-order valence-electron chi connectivity index (χ0n) is 10.6. The van der Waals surface area contributed by atoms with Crippen molar-refractivity contribution in [3.8, 4) is 0 Å². The van der Waals surface area contributed by atoms with Crippen LogP contribution in [-0.2, 0) is 0 Å². The number of carbonyl (C=O) groups excluding carboxylic acids is 1. The maximum Gasteiger partial charge on any atom is 0.254 e. The maximum atomic E-state index is 13.5. The summed E-state index contributed by atoms with van der Waals surface area (Å²) in [5, 5.41) is 12.0. The second-order valence-electron chi connectivity index (χ2n) is 5.01. The molecule has 2 rings (SSSR count). The number of aliphatic hydroxyl groups excluding tert-OH is 1. The first-order valence-electron chi connectivity index (χ1n) is 6.49. The summed E-state index contributed by atoms with van der Waals surface area (Å²) in [7, 11) is 0. The van der Waals surface area contributed by atoms with Crippen LogP contribution in [0.3, 0.4) is 0 Å². The lowest BCUT2D eigenvalue weighted by atomic mass is 9.97. The number of hydrogen-bond donors (Lipinski definition) is 3. The summed E-state index contributed by atoms with van der Waals surface area (Å²) < 4.78 is 13.5. The van der Waals surface area contributed by atoms with Crippen LogP contribution in [0.1, 0.15) is 29.6 Å². The number of aliphatic hydroxyl groups is 1. The summed E-state index contributed by atoms with van der Waals surface area (Å²) in [5.74, 6) is -0.421. The van der Waals surface area contributed by atoms with Gasteiger partial charge in [-0.2, -0.15) is 0 Å². The van der Waals surface area contributed by atoms with Gasteiger partial charge in [-0.25, -0.2) is 4.39 Å². The molecule has 0 saturated heterocycles. The van der Waals surface area contributed by atoms with Crippen molar-refractivity contribution in [2.24, 2.45) is 11.8 Å². The summed E-state index contributed by atoms with van der Waals surface area (Å²) in [6, 6.07) is 4.17. The lowest BCUT2D eigenvalue weighted by Crippen LogP contribution is -2.32. The van der Waals surface area contributed by atoms with Gasteiger partial charge in [-0.1, -0.05) is 6.42 Å². The van der Waals surface area contributed by atoms with E-state index in [1.54, 1.807) is 0 Å². The van der Waals surface area contributed by atoms with Crippen LogP contribution in [0.2, 0.25) is 0 Å². The number of thiol groups is 1. The molecule has 0 aliphatic heterocycles. The van der Waals surface area contributed by atoms with Gasteiger partial charge in [0, 0.05) is 18.0 Å². The summed E-state index contributed by atoms with van der Waals surface area (Å²) >= 11 is 4.10. The van der Waals surface area contributed by atoms with Crippen molar-refractivity contribution < 1.29 is 14.3 Å². The molecule has 0 spiro atoms. The molecule has 1 fully saturated rings. The van der Waals surface area contributed by atoms with Gasteiger partial charge in [-0.05, 0) is 42.9 Å². The number of carbonyl (C=O) groups is 1. The Morgan fingerprint density at radius 2 is 2.16 bits per heavy atom. The standard InChI is InChI=1S/C14H18FNO2S/c15-13-5-4-11(19)6-12(13)14(18)16-7-9-2-1-3-10(9)8-17/h4-6,9-10,17,19H,1-3,7-8H2,(H,16,18). The first-order chi connectivity index (χ1) is 9.11. The molecular formula is C14H18FNO2S. The van der Waals surface area contributed by atoms with Gasteiger partial charge in [-0.15, -0.1) is 12.6 Å². The van der Waals surface area contributed by atoms with E-state index in [-0.39, 0.29) is 24.0 Å². The number of hydrogen-bond acceptors (Lipinski definition) is 3. The van der Waals surface area contributed by atoms with Crippen LogP contribution in [0.4, 0.5) is 4.39 Å². The van der Waals surface area contributed by atoms with E-state index >= 15 is 0 Å². The Hall–Kier alpha value is -1.07. The fraction of sp³-hybridized carbons (Fsp3) is 0.500. The maximum absolute atomic E-state index is 13.5. The van der Waals surface area contributed by atoms with E-state index in [1.165, 1.54) is 18.2 Å². The molecule has 2 N–H and O–H groups in total. The van der Waals surface area contributed by atoms with E-state index in [2.05, 4.69) is 17.9 Å². The minimum absolute atomic E-state index is 0.0195. The third kappa shape index (κ3) is 3.48. The van der Waals surface area contributed by atoms with E-state index in [0.29, 0.717) is 11.4 Å². The molecule has 104 valence electrons. The summed E-state index contributed by atoms with van der Waals surface area (Å²) in [6.07, 6.45) is 3.07. The average molecular weight is 283 g/mol. The predicted molar refractivity (Wildman–Crippen MR) is 73.9 cm³/mol. The SMILES string of the molecule is O=C(NCC1CCCC1CO)c1cc(S)ccc1F. The van der Waals surface area contributed by atoms with Crippen molar-refractivity contribution in [3.05, 3.63) is 29.6 Å². The Labute approximate surface area is 117 Å². The second kappa shape index (κ2) is 6.39. The highest BCUT2D eigenvalue weighted by Gasteiger charge is 2.27. The van der Waals surface area contributed by atoms with Crippen LogP contribution >= 0.6 is 12.6 Å². The Kier molecular flexibility index (Phi) is 4.82. The van der Waals surface area contributed by atoms with Crippen molar-refractivity contribution >= 4 is 18.5 Å². The Morgan fingerprint density at radius 1 is 1.42 bits per heavy atom. The van der Waals surface area contributed by atoms with Gasteiger partial charge in [0.25, 0.3) is 5.91 Å². The summed E-state index contributed by atoms with van der Waals surface area (Å²) in [5.41, 5.74) is 0.0195. The highest BCUT2D eigenvalue weighted by molar-refractivity contribution is 7.80. The van der Waals surface area contributed by atoms with Crippen molar-refractivity contribution in [3.63, 3.8) is 0 Å². The summed E-state index contributed by atoms with van der Waals surface area (Å²) in [6.45, 7) is 0.640. The van der Waals surface area contributed by atoms with E-state index in [0.717, 1.165) is 19.3 Å². The van der Waals surface area contributed by atoms with E-state index in [4.69, 9.17) is 0 Å². The lowest BCUT2D eigenvalue weighted by molar-refractivity contribution is 0.0933. The monoisotopic (exact) mass is 283 g/mol. The minimum Gasteiger partial charge on any atom is -0.396 e. The molecular weight excluding hydrogens is 265 g/mol. The normalized spacial score (nSPS) is 22.5.